The Morgan fingerprint density at radius 3 is 1.82 bits per heavy atom. The molecule has 2 heterocycles. The molecule has 0 radical (unpaired) electrons. The molecular weight excluding hydrogens is 693 g/mol. The monoisotopic (exact) mass is 728 g/mol. The van der Waals surface area contributed by atoms with E-state index in [1.54, 1.807) is 0 Å². The molecule has 1 aliphatic carbocycles. The molecule has 0 bridgehead atoms. The van der Waals surface area contributed by atoms with Crippen molar-refractivity contribution in [3.05, 3.63) is 217 Å². The van der Waals surface area contributed by atoms with E-state index in [-0.39, 0.29) is 5.41 Å². The van der Waals surface area contributed by atoms with Gasteiger partial charge in [0.15, 0.2) is 5.82 Å². The first kappa shape index (κ1) is 33.0. The fourth-order valence-electron chi connectivity index (χ4n) is 8.91. The van der Waals surface area contributed by atoms with Crippen LogP contribution in [0.4, 0.5) is 0 Å². The van der Waals surface area contributed by atoms with Crippen molar-refractivity contribution in [1.82, 2.24) is 9.97 Å². The number of rotatable bonds is 6. The van der Waals surface area contributed by atoms with Crippen LogP contribution in [0, 0.1) is 0 Å². The Hall–Kier alpha value is -7.36. The minimum atomic E-state index is -0.261. The van der Waals surface area contributed by atoms with Crippen LogP contribution in [0.2, 0.25) is 0 Å². The smallest absolute Gasteiger partial charge is 0.160 e. The van der Waals surface area contributed by atoms with Crippen LogP contribution >= 0.6 is 0 Å². The molecule has 0 amide bonds. The number of benzene rings is 8. The molecule has 57 heavy (non-hydrogen) atoms. The largest absolute Gasteiger partial charge is 0.456 e. The van der Waals surface area contributed by atoms with Gasteiger partial charge in [-0.05, 0) is 87.3 Å². The van der Waals surface area contributed by atoms with E-state index in [9.17, 15) is 0 Å². The first-order valence-electron chi connectivity index (χ1n) is 19.5. The van der Waals surface area contributed by atoms with E-state index in [0.29, 0.717) is 5.82 Å². The van der Waals surface area contributed by atoms with Crippen LogP contribution in [0.25, 0.3) is 89.2 Å². The van der Waals surface area contributed by atoms with Gasteiger partial charge >= 0.3 is 0 Å². The summed E-state index contributed by atoms with van der Waals surface area (Å²) in [6, 6.07) is 71.1. The maximum Gasteiger partial charge on any atom is 0.160 e. The lowest BCUT2D eigenvalue weighted by Gasteiger charge is -2.28. The normalized spacial score (nSPS) is 14.5. The molecule has 10 aromatic rings. The number of para-hydroxylation sites is 1. The van der Waals surface area contributed by atoms with Gasteiger partial charge in [0.2, 0.25) is 0 Å². The van der Waals surface area contributed by atoms with Crippen LogP contribution in [0.15, 0.2) is 205 Å². The Morgan fingerprint density at radius 1 is 0.386 bits per heavy atom. The Bertz CT molecular complexity index is 3130. The van der Waals surface area contributed by atoms with Crippen molar-refractivity contribution in [3.63, 3.8) is 0 Å². The number of aromatic nitrogens is 2. The van der Waals surface area contributed by atoms with Gasteiger partial charge in [-0.25, -0.2) is 9.97 Å². The molecule has 1 unspecified atom stereocenters. The average molecular weight is 729 g/mol. The van der Waals surface area contributed by atoms with Crippen molar-refractivity contribution < 1.29 is 4.42 Å². The Balaban J connectivity index is 1.01. The summed E-state index contributed by atoms with van der Waals surface area (Å²) in [5.74, 6) is 0.697. The molecule has 1 aliphatic rings. The maximum atomic E-state index is 6.09. The van der Waals surface area contributed by atoms with E-state index >= 15 is 0 Å². The highest BCUT2D eigenvalue weighted by molar-refractivity contribution is 6.06. The third-order valence-electron chi connectivity index (χ3n) is 11.8. The van der Waals surface area contributed by atoms with Gasteiger partial charge in [-0.1, -0.05) is 170 Å². The van der Waals surface area contributed by atoms with Gasteiger partial charge in [0.1, 0.15) is 11.2 Å². The highest BCUT2D eigenvalue weighted by Crippen LogP contribution is 2.55. The van der Waals surface area contributed by atoms with E-state index in [0.717, 1.165) is 66.7 Å². The predicted molar refractivity (Wildman–Crippen MR) is 234 cm³/mol. The summed E-state index contributed by atoms with van der Waals surface area (Å²) in [4.78, 5) is 10.3. The molecule has 2 aromatic heterocycles. The number of hydrogen-bond donors (Lipinski definition) is 0. The van der Waals surface area contributed by atoms with Gasteiger partial charge in [-0.2, -0.15) is 0 Å². The van der Waals surface area contributed by atoms with Crippen LogP contribution < -0.4 is 0 Å². The van der Waals surface area contributed by atoms with Gasteiger partial charge in [0, 0.05) is 32.9 Å². The van der Waals surface area contributed by atoms with Crippen molar-refractivity contribution >= 4 is 21.9 Å². The molecule has 3 nitrogen and oxygen atoms in total. The van der Waals surface area contributed by atoms with Crippen molar-refractivity contribution in [2.24, 2.45) is 0 Å². The first-order chi connectivity index (χ1) is 28.1. The van der Waals surface area contributed by atoms with E-state index < -0.39 is 0 Å². The van der Waals surface area contributed by atoms with Crippen LogP contribution in [-0.2, 0) is 5.41 Å². The highest BCUT2D eigenvalue weighted by Gasteiger charge is 2.41. The van der Waals surface area contributed by atoms with Gasteiger partial charge in [-0.15, -0.1) is 0 Å². The molecule has 3 heteroatoms. The molecular formula is C54H36N2O. The SMILES string of the molecule is CC1(c2ccccc2)c2ccccc2-c2c(-c3cccc(-c4cc(-c5ccc(-c6ccc7oc8ccccc8c7c6)cc5)nc(-c5ccccc5)n4)c3)cccc21. The second kappa shape index (κ2) is 13.1. The molecule has 8 aromatic carbocycles. The summed E-state index contributed by atoms with van der Waals surface area (Å²) in [5.41, 5.74) is 17.6. The van der Waals surface area contributed by atoms with Gasteiger partial charge in [-0.3, -0.25) is 0 Å². The minimum absolute atomic E-state index is 0.261. The predicted octanol–water partition coefficient (Wildman–Crippen LogP) is 14.0. The summed E-state index contributed by atoms with van der Waals surface area (Å²) in [6.45, 7) is 2.37. The molecule has 0 aliphatic heterocycles. The molecule has 0 spiro atoms. The Morgan fingerprint density at radius 2 is 0.982 bits per heavy atom. The third-order valence-corrected chi connectivity index (χ3v) is 11.8. The minimum Gasteiger partial charge on any atom is -0.456 e. The summed E-state index contributed by atoms with van der Waals surface area (Å²) in [5, 5.41) is 2.25. The Kier molecular flexibility index (Phi) is 7.61. The average Bonchev–Trinajstić information content (AvgIpc) is 3.80. The molecule has 268 valence electrons. The van der Waals surface area contributed by atoms with Crippen LogP contribution in [0.5, 0.6) is 0 Å². The summed E-state index contributed by atoms with van der Waals surface area (Å²) >= 11 is 0. The van der Waals surface area contributed by atoms with Gasteiger partial charge in [0.25, 0.3) is 0 Å². The van der Waals surface area contributed by atoms with E-state index in [2.05, 4.69) is 177 Å². The summed E-state index contributed by atoms with van der Waals surface area (Å²) in [6.07, 6.45) is 0. The fraction of sp³-hybridized carbons (Fsp3) is 0.0370. The van der Waals surface area contributed by atoms with Crippen LogP contribution in [0.1, 0.15) is 23.6 Å². The summed E-state index contributed by atoms with van der Waals surface area (Å²) < 4.78 is 6.09. The molecule has 0 N–H and O–H groups in total. The summed E-state index contributed by atoms with van der Waals surface area (Å²) in [7, 11) is 0. The van der Waals surface area contributed by atoms with Crippen LogP contribution in [0.3, 0.4) is 0 Å². The van der Waals surface area contributed by atoms with Gasteiger partial charge in [0.05, 0.1) is 11.4 Å². The molecule has 0 fully saturated rings. The third kappa shape index (κ3) is 5.43. The first-order valence-corrected chi connectivity index (χ1v) is 19.5. The molecule has 0 saturated heterocycles. The molecule has 1 atom stereocenters. The molecule has 0 saturated carbocycles. The van der Waals surface area contributed by atoms with E-state index in [1.165, 1.54) is 33.4 Å². The van der Waals surface area contributed by atoms with Gasteiger partial charge < -0.3 is 4.42 Å². The highest BCUT2D eigenvalue weighted by atomic mass is 16.3. The van der Waals surface area contributed by atoms with Crippen LogP contribution in [-0.4, -0.2) is 9.97 Å². The number of hydrogen-bond acceptors (Lipinski definition) is 3. The van der Waals surface area contributed by atoms with E-state index in [1.807, 2.05) is 30.3 Å². The lowest BCUT2D eigenvalue weighted by atomic mass is 9.74. The lowest BCUT2D eigenvalue weighted by Crippen LogP contribution is -2.22. The van der Waals surface area contributed by atoms with Crippen molar-refractivity contribution in [2.45, 2.75) is 12.3 Å². The zero-order valence-electron chi connectivity index (χ0n) is 31.4. The fourth-order valence-corrected chi connectivity index (χ4v) is 8.91. The molecule has 11 rings (SSSR count). The quantitative estimate of drug-likeness (QED) is 0.171. The standard InChI is InChI=1S/C54H36N2O/c1-54(41-18-6-3-7-19-41)46-23-10-8-21-44(46)52-42(22-13-24-47(52)54)39-16-12-17-40(32-39)49-34-48(55-53(56-49)37-14-4-2-5-15-37)36-28-26-35(27-29-36)38-30-31-51-45(33-38)43-20-9-11-25-50(43)57-51/h2-34H,1H3. The maximum absolute atomic E-state index is 6.09. The zero-order chi connectivity index (χ0) is 37.9. The topological polar surface area (TPSA) is 38.9 Å². The van der Waals surface area contributed by atoms with E-state index in [4.69, 9.17) is 14.4 Å². The van der Waals surface area contributed by atoms with Crippen molar-refractivity contribution in [1.29, 1.82) is 0 Å². The Labute approximate surface area is 331 Å². The van der Waals surface area contributed by atoms with Crippen molar-refractivity contribution in [2.75, 3.05) is 0 Å². The number of nitrogens with zero attached hydrogens (tertiary/aromatic N) is 2. The number of fused-ring (bicyclic) bond motifs is 6. The lowest BCUT2D eigenvalue weighted by molar-refractivity contribution is 0.669. The zero-order valence-corrected chi connectivity index (χ0v) is 31.4. The second-order valence-electron chi connectivity index (χ2n) is 15.1. The number of furan rings is 1. The van der Waals surface area contributed by atoms with Crippen molar-refractivity contribution in [3.8, 4) is 67.3 Å². The second-order valence-corrected chi connectivity index (χ2v) is 15.1.